The zero-order chi connectivity index (χ0) is 12.2. The van der Waals surface area contributed by atoms with E-state index in [0.717, 1.165) is 23.7 Å². The third kappa shape index (κ3) is 3.85. The van der Waals surface area contributed by atoms with Crippen LogP contribution >= 0.6 is 11.3 Å². The lowest BCUT2D eigenvalue weighted by Crippen LogP contribution is -2.25. The van der Waals surface area contributed by atoms with Gasteiger partial charge >= 0.3 is 0 Å². The number of nitrogens with one attached hydrogen (secondary N) is 1. The van der Waals surface area contributed by atoms with Gasteiger partial charge in [0.2, 0.25) is 0 Å². The second-order valence-corrected chi connectivity index (χ2v) is 5.58. The maximum Gasteiger partial charge on any atom is 0.124 e. The van der Waals surface area contributed by atoms with E-state index >= 15 is 0 Å². The van der Waals surface area contributed by atoms with Crippen LogP contribution < -0.4 is 5.32 Å². The molecule has 0 aliphatic rings. The van der Waals surface area contributed by atoms with Gasteiger partial charge in [-0.2, -0.15) is 0 Å². The Bertz CT molecular complexity index is 321. The molecule has 0 amide bonds. The Balaban J connectivity index is 2.52. The van der Waals surface area contributed by atoms with Gasteiger partial charge in [-0.1, -0.05) is 13.8 Å². The quantitative estimate of drug-likeness (QED) is 0.832. The minimum Gasteiger partial charge on any atom is -0.372 e. The van der Waals surface area contributed by atoms with E-state index < -0.39 is 0 Å². The second-order valence-electron chi connectivity index (χ2n) is 4.72. The summed E-state index contributed by atoms with van der Waals surface area (Å²) in [6.45, 7) is 9.37. The van der Waals surface area contributed by atoms with E-state index in [4.69, 9.17) is 4.74 Å². The predicted molar refractivity (Wildman–Crippen MR) is 69.0 cm³/mol. The van der Waals surface area contributed by atoms with Crippen LogP contribution in [0.25, 0.3) is 0 Å². The highest BCUT2D eigenvalue weighted by atomic mass is 32.1. The molecule has 0 aliphatic heterocycles. The molecule has 0 bridgehead atoms. The molecule has 0 spiro atoms. The van der Waals surface area contributed by atoms with Crippen molar-refractivity contribution >= 4 is 11.3 Å². The Morgan fingerprint density at radius 3 is 2.75 bits per heavy atom. The van der Waals surface area contributed by atoms with Gasteiger partial charge in [-0.05, 0) is 13.8 Å². The van der Waals surface area contributed by atoms with E-state index in [2.05, 4.69) is 29.5 Å². The van der Waals surface area contributed by atoms with Gasteiger partial charge < -0.3 is 10.1 Å². The van der Waals surface area contributed by atoms with Crippen molar-refractivity contribution in [2.75, 3.05) is 13.7 Å². The maximum atomic E-state index is 5.41. The molecule has 0 aliphatic carbocycles. The van der Waals surface area contributed by atoms with Crippen LogP contribution in [0.5, 0.6) is 0 Å². The molecule has 0 fully saturated rings. The molecule has 1 rings (SSSR count). The lowest BCUT2D eigenvalue weighted by molar-refractivity contribution is 0.0189. The summed E-state index contributed by atoms with van der Waals surface area (Å²) in [7, 11) is 1.72. The number of nitrogens with zero attached hydrogens (tertiary/aromatic N) is 1. The Hall–Kier alpha value is -0.450. The Morgan fingerprint density at radius 1 is 1.50 bits per heavy atom. The summed E-state index contributed by atoms with van der Waals surface area (Å²) in [5.74, 6) is 0. The smallest absolute Gasteiger partial charge is 0.124 e. The zero-order valence-corrected chi connectivity index (χ0v) is 11.6. The van der Waals surface area contributed by atoms with Crippen LogP contribution in [0.4, 0.5) is 0 Å². The molecule has 0 unspecified atom stereocenters. The molecule has 0 atom stereocenters. The Morgan fingerprint density at radius 2 is 2.19 bits per heavy atom. The van der Waals surface area contributed by atoms with Gasteiger partial charge in [0.1, 0.15) is 10.6 Å². The largest absolute Gasteiger partial charge is 0.372 e. The first-order valence-corrected chi connectivity index (χ1v) is 6.57. The van der Waals surface area contributed by atoms with Crippen LogP contribution in [0.15, 0.2) is 5.38 Å². The van der Waals surface area contributed by atoms with Crippen LogP contribution in [0.1, 0.15) is 38.4 Å². The van der Waals surface area contributed by atoms with E-state index in [1.165, 1.54) is 0 Å². The molecule has 92 valence electrons. The van der Waals surface area contributed by atoms with Crippen LogP contribution in [-0.2, 0) is 16.8 Å². The summed E-state index contributed by atoms with van der Waals surface area (Å²) in [6, 6.07) is 0.536. The summed E-state index contributed by atoms with van der Waals surface area (Å²) in [6.07, 6.45) is 0.981. The van der Waals surface area contributed by atoms with Gasteiger partial charge in [0.05, 0.1) is 5.69 Å². The highest BCUT2D eigenvalue weighted by Gasteiger charge is 2.23. The molecule has 0 saturated heterocycles. The molecule has 1 aromatic rings. The number of thiazole rings is 1. The standard InChI is InChI=1S/C12H22N2OS/c1-9(2)13-7-6-10-8-16-11(14-10)12(3,4)15-5/h8-9,13H,6-7H2,1-5H3. The van der Waals surface area contributed by atoms with Crippen molar-refractivity contribution < 1.29 is 4.74 Å². The summed E-state index contributed by atoms with van der Waals surface area (Å²) >= 11 is 1.68. The number of ether oxygens (including phenoxy) is 1. The highest BCUT2D eigenvalue weighted by Crippen LogP contribution is 2.26. The first-order chi connectivity index (χ1) is 7.45. The minimum atomic E-state index is -0.269. The molecule has 0 aromatic carbocycles. The molecule has 1 N–H and O–H groups in total. The highest BCUT2D eigenvalue weighted by molar-refractivity contribution is 7.09. The fraction of sp³-hybridized carbons (Fsp3) is 0.750. The van der Waals surface area contributed by atoms with Gasteiger partial charge in [0.15, 0.2) is 0 Å². The van der Waals surface area contributed by atoms with Crippen molar-refractivity contribution in [3.05, 3.63) is 16.1 Å². The first-order valence-electron chi connectivity index (χ1n) is 5.69. The van der Waals surface area contributed by atoms with Gasteiger partial charge in [0.25, 0.3) is 0 Å². The third-order valence-electron chi connectivity index (χ3n) is 2.51. The van der Waals surface area contributed by atoms with Crippen molar-refractivity contribution in [3.63, 3.8) is 0 Å². The van der Waals surface area contributed by atoms with Gasteiger partial charge in [-0.15, -0.1) is 11.3 Å². The predicted octanol–water partition coefficient (Wildman–Crippen LogP) is 2.57. The van der Waals surface area contributed by atoms with Crippen molar-refractivity contribution in [2.45, 2.75) is 45.8 Å². The van der Waals surface area contributed by atoms with Gasteiger partial charge in [-0.25, -0.2) is 4.98 Å². The third-order valence-corrected chi connectivity index (χ3v) is 3.71. The van der Waals surface area contributed by atoms with Crippen LogP contribution in [0.3, 0.4) is 0 Å². The summed E-state index contributed by atoms with van der Waals surface area (Å²) < 4.78 is 5.41. The molecule has 1 heterocycles. The number of aromatic nitrogens is 1. The van der Waals surface area contributed by atoms with E-state index in [0.29, 0.717) is 6.04 Å². The van der Waals surface area contributed by atoms with E-state index in [-0.39, 0.29) is 5.60 Å². The molecule has 1 aromatic heterocycles. The van der Waals surface area contributed by atoms with Crippen molar-refractivity contribution in [1.29, 1.82) is 0 Å². The van der Waals surface area contributed by atoms with Gasteiger partial charge in [-0.3, -0.25) is 0 Å². The number of hydrogen-bond acceptors (Lipinski definition) is 4. The summed E-state index contributed by atoms with van der Waals surface area (Å²) in [5.41, 5.74) is 0.882. The number of hydrogen-bond donors (Lipinski definition) is 1. The van der Waals surface area contributed by atoms with E-state index in [1.807, 2.05) is 13.8 Å². The van der Waals surface area contributed by atoms with Crippen molar-refractivity contribution in [3.8, 4) is 0 Å². The van der Waals surface area contributed by atoms with Crippen LogP contribution in [-0.4, -0.2) is 24.7 Å². The SMILES string of the molecule is COC(C)(C)c1nc(CCNC(C)C)cs1. The zero-order valence-electron chi connectivity index (χ0n) is 10.8. The molecule has 16 heavy (non-hydrogen) atoms. The molecule has 3 nitrogen and oxygen atoms in total. The van der Waals surface area contributed by atoms with Crippen molar-refractivity contribution in [1.82, 2.24) is 10.3 Å². The topological polar surface area (TPSA) is 34.1 Å². The number of methoxy groups -OCH3 is 1. The Kier molecular flexibility index (Phi) is 4.89. The molecular formula is C12H22N2OS. The second kappa shape index (κ2) is 5.75. The van der Waals surface area contributed by atoms with E-state index in [1.54, 1.807) is 18.4 Å². The Labute approximate surface area is 102 Å². The number of rotatable bonds is 6. The molecule has 4 heteroatoms. The molecular weight excluding hydrogens is 220 g/mol. The lowest BCUT2D eigenvalue weighted by Gasteiger charge is -2.19. The normalized spacial score (nSPS) is 12.4. The van der Waals surface area contributed by atoms with Gasteiger partial charge in [0, 0.05) is 31.5 Å². The lowest BCUT2D eigenvalue weighted by atomic mass is 10.1. The fourth-order valence-electron chi connectivity index (χ4n) is 1.27. The monoisotopic (exact) mass is 242 g/mol. The fourth-order valence-corrected chi connectivity index (χ4v) is 2.23. The average Bonchev–Trinajstić information content (AvgIpc) is 2.66. The minimum absolute atomic E-state index is 0.269. The first kappa shape index (κ1) is 13.6. The summed E-state index contributed by atoms with van der Waals surface area (Å²) in [5, 5.41) is 6.56. The maximum absolute atomic E-state index is 5.41. The molecule has 0 saturated carbocycles. The van der Waals surface area contributed by atoms with E-state index in [9.17, 15) is 0 Å². The van der Waals surface area contributed by atoms with Crippen LogP contribution in [0, 0.1) is 0 Å². The van der Waals surface area contributed by atoms with Crippen LogP contribution in [0.2, 0.25) is 0 Å². The average molecular weight is 242 g/mol. The summed E-state index contributed by atoms with van der Waals surface area (Å²) in [4.78, 5) is 4.60. The van der Waals surface area contributed by atoms with Crippen molar-refractivity contribution in [2.24, 2.45) is 0 Å². The molecule has 0 radical (unpaired) electrons.